The number of hydrazone groups is 2. The van der Waals surface area contributed by atoms with Crippen LogP contribution in [-0.2, 0) is 0 Å². The maximum absolute atomic E-state index is 4.57. The van der Waals surface area contributed by atoms with Crippen LogP contribution in [0, 0.1) is 0 Å². The Hall–Kier alpha value is -2.60. The fraction of sp³-hybridized carbons (Fsp3) is 0.200. The number of rotatable bonds is 6. The van der Waals surface area contributed by atoms with Gasteiger partial charge in [-0.15, -0.1) is 0 Å². The molecule has 1 aliphatic heterocycles. The van der Waals surface area contributed by atoms with E-state index in [4.69, 9.17) is 0 Å². The molecule has 134 valence electrons. The number of hydrogen-bond acceptors (Lipinski definition) is 5. The van der Waals surface area contributed by atoms with Crippen LogP contribution in [0.15, 0.2) is 75.6 Å². The maximum atomic E-state index is 4.57. The third kappa shape index (κ3) is 3.80. The van der Waals surface area contributed by atoms with E-state index in [0.29, 0.717) is 11.7 Å². The highest BCUT2D eigenvalue weighted by molar-refractivity contribution is 9.10. The number of hydrogen-bond donors (Lipinski definition) is 1. The van der Waals surface area contributed by atoms with Crippen molar-refractivity contribution in [3.05, 3.63) is 76.5 Å². The lowest BCUT2D eigenvalue weighted by Gasteiger charge is -2.20. The summed E-state index contributed by atoms with van der Waals surface area (Å²) in [5.41, 5.74) is 6.09. The molecule has 0 aromatic heterocycles. The van der Waals surface area contributed by atoms with E-state index in [2.05, 4.69) is 81.2 Å². The second-order valence-electron chi connectivity index (χ2n) is 5.79. The lowest BCUT2D eigenvalue weighted by Crippen LogP contribution is -2.23. The van der Waals surface area contributed by atoms with Crippen molar-refractivity contribution >= 4 is 33.7 Å². The first kappa shape index (κ1) is 18.2. The second kappa shape index (κ2) is 8.19. The van der Waals surface area contributed by atoms with Gasteiger partial charge in [-0.25, -0.2) is 0 Å². The van der Waals surface area contributed by atoms with Gasteiger partial charge in [0.2, 0.25) is 0 Å². The summed E-state index contributed by atoms with van der Waals surface area (Å²) >= 11 is 3.56. The number of benzene rings is 2. The van der Waals surface area contributed by atoms with Crippen LogP contribution in [0.1, 0.15) is 25.0 Å². The van der Waals surface area contributed by atoms with Gasteiger partial charge in [0, 0.05) is 28.8 Å². The minimum Gasteiger partial charge on any atom is -0.372 e. The van der Waals surface area contributed by atoms with E-state index in [1.54, 1.807) is 5.01 Å². The molecule has 2 aromatic rings. The van der Waals surface area contributed by atoms with Gasteiger partial charge in [0.1, 0.15) is 5.82 Å². The van der Waals surface area contributed by atoms with Crippen molar-refractivity contribution in [2.45, 2.75) is 13.8 Å². The summed E-state index contributed by atoms with van der Waals surface area (Å²) < 4.78 is 0.957. The molecule has 0 amide bonds. The highest BCUT2D eigenvalue weighted by Crippen LogP contribution is 2.22. The van der Waals surface area contributed by atoms with Gasteiger partial charge in [-0.05, 0) is 43.7 Å². The quantitative estimate of drug-likeness (QED) is 0.717. The third-order valence-corrected chi connectivity index (χ3v) is 4.90. The van der Waals surface area contributed by atoms with Crippen LogP contribution < -0.4 is 10.3 Å². The summed E-state index contributed by atoms with van der Waals surface area (Å²) in [4.78, 5) is 2.31. The summed E-state index contributed by atoms with van der Waals surface area (Å²) in [5, 5.41) is 10.6. The van der Waals surface area contributed by atoms with Gasteiger partial charge < -0.3 is 4.90 Å². The van der Waals surface area contributed by atoms with Crippen LogP contribution in [0.25, 0.3) is 0 Å². The largest absolute Gasteiger partial charge is 0.372 e. The Morgan fingerprint density at radius 2 is 1.85 bits per heavy atom. The molecule has 0 saturated carbocycles. The monoisotopic (exact) mass is 411 g/mol. The lowest BCUT2D eigenvalue weighted by molar-refractivity contribution is 0.551. The van der Waals surface area contributed by atoms with Crippen LogP contribution in [0.5, 0.6) is 0 Å². The van der Waals surface area contributed by atoms with E-state index >= 15 is 0 Å². The molecule has 5 nitrogen and oxygen atoms in total. The Morgan fingerprint density at radius 3 is 2.50 bits per heavy atom. The molecule has 0 saturated heterocycles. The molecule has 0 unspecified atom stereocenters. The van der Waals surface area contributed by atoms with Crippen molar-refractivity contribution in [3.8, 4) is 0 Å². The fourth-order valence-corrected chi connectivity index (χ4v) is 3.23. The highest BCUT2D eigenvalue weighted by Gasteiger charge is 2.23. The van der Waals surface area contributed by atoms with Gasteiger partial charge >= 0.3 is 0 Å². The molecule has 3 rings (SSSR count). The second-order valence-corrected chi connectivity index (χ2v) is 6.65. The van der Waals surface area contributed by atoms with Crippen molar-refractivity contribution in [2.24, 2.45) is 10.2 Å². The molecule has 6 heteroatoms. The molecule has 1 N–H and O–H groups in total. The average Bonchev–Trinajstić information content (AvgIpc) is 3.03. The van der Waals surface area contributed by atoms with Gasteiger partial charge in [0.25, 0.3) is 0 Å². The Balaban J connectivity index is 1.79. The SMILES string of the molecule is C=C1NN=C(c2ccccc2Br)N1N=Cc1ccc(N(CC)CC)cc1. The summed E-state index contributed by atoms with van der Waals surface area (Å²) in [6.45, 7) is 10.3. The number of nitrogens with zero attached hydrogens (tertiary/aromatic N) is 4. The molecule has 1 heterocycles. The number of halogens is 1. The number of amidine groups is 1. The van der Waals surface area contributed by atoms with E-state index in [9.17, 15) is 0 Å². The minimum atomic E-state index is 0.617. The number of nitrogens with one attached hydrogen (secondary N) is 1. The zero-order valence-corrected chi connectivity index (χ0v) is 16.6. The first-order chi connectivity index (χ1) is 12.6. The van der Waals surface area contributed by atoms with E-state index in [1.807, 2.05) is 30.5 Å². The molecular weight excluding hydrogens is 390 g/mol. The fourth-order valence-electron chi connectivity index (χ4n) is 2.77. The molecule has 0 fully saturated rings. The lowest BCUT2D eigenvalue weighted by atomic mass is 10.2. The Morgan fingerprint density at radius 1 is 1.15 bits per heavy atom. The molecule has 0 radical (unpaired) electrons. The predicted molar refractivity (Wildman–Crippen MR) is 112 cm³/mol. The van der Waals surface area contributed by atoms with Crippen molar-refractivity contribution < 1.29 is 0 Å². The summed E-state index contributed by atoms with van der Waals surface area (Å²) in [6, 6.07) is 16.3. The molecule has 2 aromatic carbocycles. The molecular formula is C20H22BrN5. The molecule has 1 aliphatic rings. The summed E-state index contributed by atoms with van der Waals surface area (Å²) in [7, 11) is 0. The van der Waals surface area contributed by atoms with Gasteiger partial charge in [-0.1, -0.05) is 46.8 Å². The minimum absolute atomic E-state index is 0.617. The zero-order chi connectivity index (χ0) is 18.5. The molecule has 0 bridgehead atoms. The van der Waals surface area contributed by atoms with E-state index in [1.165, 1.54) is 5.69 Å². The molecule has 0 atom stereocenters. The Bertz CT molecular complexity index is 838. The van der Waals surface area contributed by atoms with E-state index in [0.717, 1.165) is 28.7 Å². The average molecular weight is 412 g/mol. The van der Waals surface area contributed by atoms with E-state index < -0.39 is 0 Å². The third-order valence-electron chi connectivity index (χ3n) is 4.21. The summed E-state index contributed by atoms with van der Waals surface area (Å²) in [6.07, 6.45) is 1.82. The van der Waals surface area contributed by atoms with Gasteiger partial charge in [0.05, 0.1) is 6.21 Å². The van der Waals surface area contributed by atoms with Crippen molar-refractivity contribution in [1.29, 1.82) is 0 Å². The normalized spacial score (nSPS) is 13.9. The van der Waals surface area contributed by atoms with Gasteiger partial charge in [-0.2, -0.15) is 15.2 Å². The maximum Gasteiger partial charge on any atom is 0.184 e. The van der Waals surface area contributed by atoms with Gasteiger partial charge in [0.15, 0.2) is 5.84 Å². The standard InChI is InChI=1S/C20H22BrN5/c1-4-25(5-2)17-12-10-16(11-13-17)14-22-26-15(3)23-24-20(26)18-8-6-7-9-19(18)21/h6-14,23H,3-5H2,1-2H3. The van der Waals surface area contributed by atoms with Crippen LogP contribution in [-0.4, -0.2) is 30.1 Å². The topological polar surface area (TPSA) is 43.2 Å². The predicted octanol–water partition coefficient (Wildman–Crippen LogP) is 4.37. The highest BCUT2D eigenvalue weighted by atomic mass is 79.9. The summed E-state index contributed by atoms with van der Waals surface area (Å²) in [5.74, 6) is 1.32. The first-order valence-electron chi connectivity index (χ1n) is 8.60. The Kier molecular flexibility index (Phi) is 5.73. The van der Waals surface area contributed by atoms with Crippen LogP contribution in [0.2, 0.25) is 0 Å². The molecule has 26 heavy (non-hydrogen) atoms. The number of anilines is 1. The molecule has 0 spiro atoms. The van der Waals surface area contributed by atoms with Gasteiger partial charge in [-0.3, -0.25) is 5.43 Å². The molecule has 0 aliphatic carbocycles. The van der Waals surface area contributed by atoms with E-state index in [-0.39, 0.29) is 0 Å². The first-order valence-corrected chi connectivity index (χ1v) is 9.40. The zero-order valence-electron chi connectivity index (χ0n) is 15.0. The van der Waals surface area contributed by atoms with Crippen LogP contribution in [0.3, 0.4) is 0 Å². The van der Waals surface area contributed by atoms with Crippen molar-refractivity contribution in [1.82, 2.24) is 10.4 Å². The van der Waals surface area contributed by atoms with Crippen molar-refractivity contribution in [2.75, 3.05) is 18.0 Å². The Labute approximate surface area is 162 Å². The van der Waals surface area contributed by atoms with Crippen LogP contribution in [0.4, 0.5) is 5.69 Å². The van der Waals surface area contributed by atoms with Crippen molar-refractivity contribution in [3.63, 3.8) is 0 Å². The van der Waals surface area contributed by atoms with Crippen LogP contribution >= 0.6 is 15.9 Å². The smallest absolute Gasteiger partial charge is 0.184 e.